The summed E-state index contributed by atoms with van der Waals surface area (Å²) in [6.45, 7) is 2.61. The number of benzene rings is 2. The van der Waals surface area contributed by atoms with Crippen LogP contribution < -0.4 is 11.1 Å². The van der Waals surface area contributed by atoms with Crippen LogP contribution >= 0.6 is 23.6 Å². The van der Waals surface area contributed by atoms with Gasteiger partial charge in [0.1, 0.15) is 10.7 Å². The minimum Gasteiger partial charge on any atom is -0.384 e. The van der Waals surface area contributed by atoms with Gasteiger partial charge in [0.05, 0.1) is 0 Å². The second-order valence-corrected chi connectivity index (χ2v) is 6.45. The quantitative estimate of drug-likeness (QED) is 0.705. The Hall–Kier alpha value is -2.18. The Labute approximate surface area is 137 Å². The van der Waals surface area contributed by atoms with E-state index in [2.05, 4.69) is 5.32 Å². The van der Waals surface area contributed by atoms with Gasteiger partial charge >= 0.3 is 0 Å². The lowest BCUT2D eigenvalue weighted by Gasteiger charge is -2.08. The zero-order valence-corrected chi connectivity index (χ0v) is 13.6. The third kappa shape index (κ3) is 2.51. The number of carbonyl (C=O) groups excluding carboxylic acids is 1. The average molecular weight is 329 g/mol. The number of anilines is 2. The molecule has 0 saturated heterocycles. The van der Waals surface area contributed by atoms with Gasteiger partial charge in [-0.05, 0) is 30.6 Å². The highest BCUT2D eigenvalue weighted by Gasteiger charge is 2.17. The predicted molar refractivity (Wildman–Crippen MR) is 95.1 cm³/mol. The molecule has 2 aromatic carbocycles. The summed E-state index contributed by atoms with van der Waals surface area (Å²) in [4.78, 5) is 13.0. The topological polar surface area (TPSA) is 60.0 Å². The Bertz CT molecular complexity index is 906. The first-order valence-corrected chi connectivity index (χ1v) is 8.12. The molecule has 3 rings (SSSR count). The van der Waals surface area contributed by atoms with Gasteiger partial charge in [0, 0.05) is 17.6 Å². The number of nitrogens with zero attached hydrogens (tertiary/aromatic N) is 1. The monoisotopic (exact) mass is 329 g/mol. The van der Waals surface area contributed by atoms with Gasteiger partial charge in [-0.1, -0.05) is 47.7 Å². The molecule has 0 radical (unpaired) electrons. The van der Waals surface area contributed by atoms with E-state index in [9.17, 15) is 4.79 Å². The van der Waals surface area contributed by atoms with Gasteiger partial charge in [0.25, 0.3) is 5.91 Å². The second-order valence-electron chi connectivity index (χ2n) is 4.81. The Morgan fingerprint density at radius 1 is 1.27 bits per heavy atom. The molecule has 6 heteroatoms. The number of nitrogens with one attached hydrogen (secondary N) is 1. The van der Waals surface area contributed by atoms with Crippen molar-refractivity contribution < 1.29 is 4.79 Å². The summed E-state index contributed by atoms with van der Waals surface area (Å²) in [7, 11) is 0. The lowest BCUT2D eigenvalue weighted by molar-refractivity contribution is 0.103. The van der Waals surface area contributed by atoms with Crippen molar-refractivity contribution >= 4 is 51.7 Å². The lowest BCUT2D eigenvalue weighted by atomic mass is 10.1. The zero-order chi connectivity index (χ0) is 15.7. The number of aromatic nitrogens is 1. The van der Waals surface area contributed by atoms with E-state index in [1.807, 2.05) is 49.4 Å². The van der Waals surface area contributed by atoms with Gasteiger partial charge in [-0.25, -0.2) is 0 Å². The molecular formula is C16H15N3OS2. The Morgan fingerprint density at radius 3 is 2.73 bits per heavy atom. The maximum absolute atomic E-state index is 12.5. The molecule has 1 amide bonds. The van der Waals surface area contributed by atoms with Crippen LogP contribution in [0.3, 0.4) is 0 Å². The third-order valence-corrected chi connectivity index (χ3v) is 4.96. The van der Waals surface area contributed by atoms with E-state index in [0.717, 1.165) is 16.5 Å². The molecule has 1 aromatic heterocycles. The molecule has 0 saturated carbocycles. The van der Waals surface area contributed by atoms with Gasteiger partial charge in [0.15, 0.2) is 3.95 Å². The molecule has 0 unspecified atom stereocenters. The summed E-state index contributed by atoms with van der Waals surface area (Å²) < 4.78 is 2.38. The van der Waals surface area contributed by atoms with Crippen LogP contribution in [-0.4, -0.2) is 10.5 Å². The van der Waals surface area contributed by atoms with Crippen LogP contribution in [-0.2, 0) is 6.54 Å². The molecule has 0 fully saturated rings. The van der Waals surface area contributed by atoms with Crippen molar-refractivity contribution in [2.45, 2.75) is 13.5 Å². The second kappa shape index (κ2) is 5.90. The molecule has 112 valence electrons. The normalized spacial score (nSPS) is 10.8. The van der Waals surface area contributed by atoms with Crippen LogP contribution in [0, 0.1) is 3.95 Å². The van der Waals surface area contributed by atoms with E-state index in [1.165, 1.54) is 11.3 Å². The first-order chi connectivity index (χ1) is 10.6. The molecule has 22 heavy (non-hydrogen) atoms. The number of thiazole rings is 1. The standard InChI is InChI=1S/C16H15N3OS2/c1-2-19-14(17)13(22-16(19)21)15(20)18-12-9-5-7-10-6-3-4-8-11(10)12/h3-9H,2,17H2,1H3,(H,18,20). The van der Waals surface area contributed by atoms with Crippen LogP contribution in [0.5, 0.6) is 0 Å². The molecule has 0 aliphatic heterocycles. The first kappa shape index (κ1) is 14.7. The Balaban J connectivity index is 1.99. The fourth-order valence-corrected chi connectivity index (χ4v) is 3.74. The fraction of sp³-hybridized carbons (Fsp3) is 0.125. The van der Waals surface area contributed by atoms with E-state index < -0.39 is 0 Å². The van der Waals surface area contributed by atoms with Crippen molar-refractivity contribution in [3.05, 3.63) is 51.3 Å². The summed E-state index contributed by atoms with van der Waals surface area (Å²) in [5.74, 6) is 0.201. The van der Waals surface area contributed by atoms with Gasteiger partial charge in [-0.2, -0.15) is 0 Å². The molecule has 1 heterocycles. The molecule has 4 nitrogen and oxygen atoms in total. The van der Waals surface area contributed by atoms with Crippen LogP contribution in [0.1, 0.15) is 16.6 Å². The van der Waals surface area contributed by atoms with Crippen molar-refractivity contribution in [1.29, 1.82) is 0 Å². The SMILES string of the molecule is CCn1c(N)c(C(=O)Nc2cccc3ccccc23)sc1=S. The number of carbonyl (C=O) groups is 1. The number of nitrogen functional groups attached to an aromatic ring is 1. The summed E-state index contributed by atoms with van der Waals surface area (Å²) in [5, 5.41) is 5.01. The zero-order valence-electron chi connectivity index (χ0n) is 12.0. The van der Waals surface area contributed by atoms with Gasteiger partial charge in [-0.3, -0.25) is 4.79 Å². The van der Waals surface area contributed by atoms with E-state index in [4.69, 9.17) is 18.0 Å². The number of hydrogen-bond acceptors (Lipinski definition) is 4. The number of rotatable bonds is 3. The molecule has 0 aliphatic rings. The number of hydrogen-bond donors (Lipinski definition) is 2. The summed E-state index contributed by atoms with van der Waals surface area (Å²) in [6.07, 6.45) is 0. The Morgan fingerprint density at radius 2 is 2.00 bits per heavy atom. The summed E-state index contributed by atoms with van der Waals surface area (Å²) in [5.41, 5.74) is 6.80. The van der Waals surface area contributed by atoms with Crippen molar-refractivity contribution in [1.82, 2.24) is 4.57 Å². The molecular weight excluding hydrogens is 314 g/mol. The van der Waals surface area contributed by atoms with Crippen LogP contribution in [0.4, 0.5) is 11.5 Å². The molecule has 3 N–H and O–H groups in total. The number of nitrogens with two attached hydrogens (primary N) is 1. The number of amides is 1. The van der Waals surface area contributed by atoms with Gasteiger partial charge in [-0.15, -0.1) is 0 Å². The van der Waals surface area contributed by atoms with E-state index in [0.29, 0.717) is 21.2 Å². The van der Waals surface area contributed by atoms with Crippen LogP contribution in [0.15, 0.2) is 42.5 Å². The third-order valence-electron chi connectivity index (χ3n) is 3.49. The minimum absolute atomic E-state index is 0.225. The summed E-state index contributed by atoms with van der Waals surface area (Å²) in [6, 6.07) is 13.7. The fourth-order valence-electron chi connectivity index (χ4n) is 2.39. The Kier molecular flexibility index (Phi) is 3.96. The van der Waals surface area contributed by atoms with Crippen molar-refractivity contribution in [2.75, 3.05) is 11.1 Å². The van der Waals surface area contributed by atoms with Crippen molar-refractivity contribution in [3.8, 4) is 0 Å². The lowest BCUT2D eigenvalue weighted by Crippen LogP contribution is -2.13. The number of fused-ring (bicyclic) bond motifs is 1. The van der Waals surface area contributed by atoms with E-state index in [1.54, 1.807) is 4.57 Å². The maximum Gasteiger partial charge on any atom is 0.269 e. The van der Waals surface area contributed by atoms with Gasteiger partial charge in [0.2, 0.25) is 0 Å². The molecule has 0 atom stereocenters. The molecule has 0 spiro atoms. The molecule has 0 aliphatic carbocycles. The van der Waals surface area contributed by atoms with E-state index >= 15 is 0 Å². The smallest absolute Gasteiger partial charge is 0.269 e. The maximum atomic E-state index is 12.5. The highest BCUT2D eigenvalue weighted by atomic mass is 32.1. The summed E-state index contributed by atoms with van der Waals surface area (Å²) >= 11 is 6.48. The van der Waals surface area contributed by atoms with E-state index in [-0.39, 0.29) is 5.91 Å². The molecule has 0 bridgehead atoms. The minimum atomic E-state index is -0.225. The average Bonchev–Trinajstić information content (AvgIpc) is 2.82. The van der Waals surface area contributed by atoms with Crippen LogP contribution in [0.25, 0.3) is 10.8 Å². The van der Waals surface area contributed by atoms with Crippen molar-refractivity contribution in [2.24, 2.45) is 0 Å². The van der Waals surface area contributed by atoms with Crippen LogP contribution in [0.2, 0.25) is 0 Å². The highest BCUT2D eigenvalue weighted by Crippen LogP contribution is 2.26. The predicted octanol–water partition coefficient (Wildman–Crippen LogP) is 4.29. The van der Waals surface area contributed by atoms with Crippen molar-refractivity contribution in [3.63, 3.8) is 0 Å². The first-order valence-electron chi connectivity index (χ1n) is 6.90. The van der Waals surface area contributed by atoms with Gasteiger partial charge < -0.3 is 15.6 Å². The highest BCUT2D eigenvalue weighted by molar-refractivity contribution is 7.73. The largest absolute Gasteiger partial charge is 0.384 e. The molecule has 3 aromatic rings.